The SMILES string of the molecule is CC1(NC(=O)C#CBr)CCS(=O)(=O)C1. The summed E-state index contributed by atoms with van der Waals surface area (Å²) >= 11 is 2.80. The van der Waals surface area contributed by atoms with Gasteiger partial charge in [0, 0.05) is 21.9 Å². The Morgan fingerprint density at radius 3 is 2.64 bits per heavy atom. The third-order valence-corrected chi connectivity index (χ3v) is 4.18. The second-order valence-electron chi connectivity index (χ2n) is 3.58. The van der Waals surface area contributed by atoms with Crippen molar-refractivity contribution in [1.82, 2.24) is 5.32 Å². The number of hydrogen-bond donors (Lipinski definition) is 1. The van der Waals surface area contributed by atoms with Gasteiger partial charge in [-0.1, -0.05) is 0 Å². The quantitative estimate of drug-likeness (QED) is 0.690. The summed E-state index contributed by atoms with van der Waals surface area (Å²) in [5, 5.41) is 2.59. The zero-order valence-electron chi connectivity index (χ0n) is 7.63. The Balaban J connectivity index is 2.69. The first-order chi connectivity index (χ1) is 6.37. The lowest BCUT2D eigenvalue weighted by atomic mass is 10.0. The van der Waals surface area contributed by atoms with E-state index in [0.717, 1.165) is 0 Å². The molecule has 1 rings (SSSR count). The summed E-state index contributed by atoms with van der Waals surface area (Å²) in [4.78, 5) is 13.4. The fourth-order valence-electron chi connectivity index (χ4n) is 1.46. The Bertz CT molecular complexity index is 406. The highest BCUT2D eigenvalue weighted by molar-refractivity contribution is 9.12. The molecule has 6 heteroatoms. The van der Waals surface area contributed by atoms with Gasteiger partial charge in [0.05, 0.1) is 17.0 Å². The maximum atomic E-state index is 11.2. The molecule has 0 radical (unpaired) electrons. The van der Waals surface area contributed by atoms with E-state index in [-0.39, 0.29) is 11.5 Å². The number of hydrogen-bond acceptors (Lipinski definition) is 3. The molecule has 1 aliphatic heterocycles. The summed E-state index contributed by atoms with van der Waals surface area (Å²) in [6.07, 6.45) is 0.449. The van der Waals surface area contributed by atoms with Gasteiger partial charge in [-0.05, 0) is 18.2 Å². The van der Waals surface area contributed by atoms with Crippen LogP contribution >= 0.6 is 15.9 Å². The molecule has 1 N–H and O–H groups in total. The molecule has 0 aromatic heterocycles. The van der Waals surface area contributed by atoms with Crippen LogP contribution in [-0.2, 0) is 14.6 Å². The second-order valence-corrected chi connectivity index (χ2v) is 6.16. The van der Waals surface area contributed by atoms with Crippen molar-refractivity contribution in [1.29, 1.82) is 0 Å². The van der Waals surface area contributed by atoms with Gasteiger partial charge in [0.25, 0.3) is 5.91 Å². The number of nitrogens with one attached hydrogen (secondary N) is 1. The lowest BCUT2D eigenvalue weighted by Crippen LogP contribution is -2.46. The first kappa shape index (κ1) is 11.5. The van der Waals surface area contributed by atoms with E-state index < -0.39 is 21.3 Å². The van der Waals surface area contributed by atoms with E-state index in [1.807, 2.05) is 0 Å². The minimum atomic E-state index is -2.99. The van der Waals surface area contributed by atoms with Crippen LogP contribution in [0.1, 0.15) is 13.3 Å². The molecular weight excluding hydrogens is 270 g/mol. The summed E-state index contributed by atoms with van der Waals surface area (Å²) in [6.45, 7) is 1.71. The molecule has 1 aliphatic rings. The van der Waals surface area contributed by atoms with Crippen molar-refractivity contribution in [3.8, 4) is 10.8 Å². The third kappa shape index (κ3) is 3.00. The van der Waals surface area contributed by atoms with Crippen LogP contribution in [0, 0.1) is 10.8 Å². The summed E-state index contributed by atoms with van der Waals surface area (Å²) < 4.78 is 22.4. The average molecular weight is 280 g/mol. The minimum absolute atomic E-state index is 0.00426. The van der Waals surface area contributed by atoms with Crippen molar-refractivity contribution >= 4 is 31.7 Å². The normalized spacial score (nSPS) is 29.0. The van der Waals surface area contributed by atoms with E-state index in [1.54, 1.807) is 6.92 Å². The van der Waals surface area contributed by atoms with Crippen LogP contribution in [0.15, 0.2) is 0 Å². The van der Waals surface area contributed by atoms with Gasteiger partial charge in [0.15, 0.2) is 9.84 Å². The van der Waals surface area contributed by atoms with E-state index in [0.29, 0.717) is 6.42 Å². The van der Waals surface area contributed by atoms with Gasteiger partial charge in [-0.2, -0.15) is 0 Å². The molecule has 1 unspecified atom stereocenters. The van der Waals surface area contributed by atoms with E-state index in [9.17, 15) is 13.2 Å². The molecule has 0 aromatic rings. The van der Waals surface area contributed by atoms with Crippen LogP contribution in [0.5, 0.6) is 0 Å². The van der Waals surface area contributed by atoms with E-state index in [2.05, 4.69) is 32.0 Å². The zero-order chi connectivity index (χ0) is 10.8. The van der Waals surface area contributed by atoms with Gasteiger partial charge in [0.2, 0.25) is 0 Å². The van der Waals surface area contributed by atoms with Crippen molar-refractivity contribution in [3.63, 3.8) is 0 Å². The molecule has 0 bridgehead atoms. The van der Waals surface area contributed by atoms with Crippen LogP contribution in [0.4, 0.5) is 0 Å². The topological polar surface area (TPSA) is 63.2 Å². The largest absolute Gasteiger partial charge is 0.339 e. The molecule has 1 fully saturated rings. The number of rotatable bonds is 1. The highest BCUT2D eigenvalue weighted by Crippen LogP contribution is 2.22. The lowest BCUT2D eigenvalue weighted by molar-refractivity contribution is -0.117. The smallest absolute Gasteiger partial charge is 0.297 e. The fourth-order valence-corrected chi connectivity index (χ4v) is 3.73. The predicted molar refractivity (Wildman–Crippen MR) is 56.5 cm³/mol. The summed E-state index contributed by atoms with van der Waals surface area (Å²) in [5.74, 6) is 1.92. The van der Waals surface area contributed by atoms with Crippen molar-refractivity contribution in [3.05, 3.63) is 0 Å². The summed E-state index contributed by atoms with van der Waals surface area (Å²) in [6, 6.07) is 0. The number of carbonyl (C=O) groups excluding carboxylic acids is 1. The number of halogens is 1. The molecule has 0 aliphatic carbocycles. The zero-order valence-corrected chi connectivity index (χ0v) is 10.0. The monoisotopic (exact) mass is 279 g/mol. The molecule has 78 valence electrons. The molecule has 1 heterocycles. The molecule has 14 heavy (non-hydrogen) atoms. The lowest BCUT2D eigenvalue weighted by Gasteiger charge is -2.21. The molecule has 4 nitrogen and oxygen atoms in total. The van der Waals surface area contributed by atoms with Gasteiger partial charge in [-0.25, -0.2) is 8.42 Å². The molecule has 0 spiro atoms. The van der Waals surface area contributed by atoms with E-state index >= 15 is 0 Å². The summed E-state index contributed by atoms with van der Waals surface area (Å²) in [7, 11) is -2.99. The maximum Gasteiger partial charge on any atom is 0.297 e. The van der Waals surface area contributed by atoms with E-state index in [4.69, 9.17) is 0 Å². The second kappa shape index (κ2) is 3.91. The Morgan fingerprint density at radius 1 is 1.57 bits per heavy atom. The third-order valence-electron chi connectivity index (χ3n) is 2.08. The molecule has 1 saturated heterocycles. The molecule has 0 aromatic carbocycles. The maximum absolute atomic E-state index is 11.2. The highest BCUT2D eigenvalue weighted by Gasteiger charge is 2.39. The first-order valence-electron chi connectivity index (χ1n) is 4.01. The van der Waals surface area contributed by atoms with Crippen LogP contribution in [-0.4, -0.2) is 31.4 Å². The molecular formula is C8H10BrNO3S. The molecule has 1 atom stereocenters. The Labute approximate surface area is 91.5 Å². The van der Waals surface area contributed by atoms with Crippen LogP contribution in [0.2, 0.25) is 0 Å². The van der Waals surface area contributed by atoms with E-state index in [1.165, 1.54) is 0 Å². The fraction of sp³-hybridized carbons (Fsp3) is 0.625. The number of carbonyl (C=O) groups is 1. The number of sulfone groups is 1. The Kier molecular flexibility index (Phi) is 3.22. The van der Waals surface area contributed by atoms with Crippen molar-refractivity contribution < 1.29 is 13.2 Å². The molecule has 1 amide bonds. The average Bonchev–Trinajstić information content (AvgIpc) is 2.25. The Hall–Kier alpha value is -0.540. The van der Waals surface area contributed by atoms with Crippen molar-refractivity contribution in [2.75, 3.05) is 11.5 Å². The van der Waals surface area contributed by atoms with Gasteiger partial charge in [-0.15, -0.1) is 0 Å². The highest BCUT2D eigenvalue weighted by atomic mass is 79.9. The van der Waals surface area contributed by atoms with Gasteiger partial charge in [-0.3, -0.25) is 4.79 Å². The van der Waals surface area contributed by atoms with Gasteiger partial charge >= 0.3 is 0 Å². The Morgan fingerprint density at radius 2 is 2.21 bits per heavy atom. The summed E-state index contributed by atoms with van der Waals surface area (Å²) in [5.41, 5.74) is -0.660. The minimum Gasteiger partial charge on any atom is -0.339 e. The van der Waals surface area contributed by atoms with Crippen LogP contribution in [0.25, 0.3) is 0 Å². The van der Waals surface area contributed by atoms with Crippen molar-refractivity contribution in [2.24, 2.45) is 0 Å². The van der Waals surface area contributed by atoms with Crippen molar-refractivity contribution in [2.45, 2.75) is 18.9 Å². The van der Waals surface area contributed by atoms with Gasteiger partial charge < -0.3 is 5.32 Å². The van der Waals surface area contributed by atoms with Crippen LogP contribution < -0.4 is 5.32 Å². The predicted octanol–water partition coefficient (Wildman–Crippen LogP) is 0.0356. The number of amides is 1. The standard InChI is InChI=1S/C8H10BrNO3S/c1-8(10-7(11)2-4-9)3-5-14(12,13)6-8/h3,5-6H2,1H3,(H,10,11). The van der Waals surface area contributed by atoms with Crippen LogP contribution in [0.3, 0.4) is 0 Å². The molecule has 0 saturated carbocycles. The van der Waals surface area contributed by atoms with Gasteiger partial charge in [0.1, 0.15) is 0 Å². The first-order valence-corrected chi connectivity index (χ1v) is 6.63.